The van der Waals surface area contributed by atoms with Crippen LogP contribution in [0.1, 0.15) is 39.0 Å². The van der Waals surface area contributed by atoms with Gasteiger partial charge in [-0.3, -0.25) is 4.79 Å². The van der Waals surface area contributed by atoms with Gasteiger partial charge in [0.1, 0.15) is 11.9 Å². The van der Waals surface area contributed by atoms with Crippen molar-refractivity contribution in [3.63, 3.8) is 0 Å². The summed E-state index contributed by atoms with van der Waals surface area (Å²) in [6, 6.07) is 4.85. The number of halogens is 1. The molecule has 0 saturated carbocycles. The zero-order valence-corrected chi connectivity index (χ0v) is 14.7. The van der Waals surface area contributed by atoms with Gasteiger partial charge in [0.05, 0.1) is 0 Å². The van der Waals surface area contributed by atoms with E-state index in [1.54, 1.807) is 12.1 Å². The lowest BCUT2D eigenvalue weighted by molar-refractivity contribution is -0.142. The maximum absolute atomic E-state index is 12.9. The van der Waals surface area contributed by atoms with Crippen molar-refractivity contribution < 1.29 is 23.6 Å². The Bertz CT molecular complexity index is 743. The van der Waals surface area contributed by atoms with E-state index in [1.807, 2.05) is 13.8 Å². The number of carboxylic acid groups (broad SMARTS) is 1. The normalized spacial score (nSPS) is 12.2. The molecule has 0 aliphatic carbocycles. The molecule has 140 valence electrons. The highest BCUT2D eigenvalue weighted by molar-refractivity contribution is 5.83. The van der Waals surface area contributed by atoms with Gasteiger partial charge in [-0.2, -0.15) is 4.98 Å². The van der Waals surface area contributed by atoms with Crippen LogP contribution in [0.2, 0.25) is 0 Å². The third-order valence-corrected chi connectivity index (χ3v) is 3.71. The van der Waals surface area contributed by atoms with Gasteiger partial charge in [0, 0.05) is 18.4 Å². The molecule has 1 amide bonds. The lowest BCUT2D eigenvalue weighted by Crippen LogP contribution is -2.41. The zero-order chi connectivity index (χ0) is 19.1. The maximum atomic E-state index is 12.9. The summed E-state index contributed by atoms with van der Waals surface area (Å²) in [6.07, 6.45) is 1.39. The Morgan fingerprint density at radius 3 is 2.58 bits per heavy atom. The van der Waals surface area contributed by atoms with Crippen molar-refractivity contribution >= 4 is 11.9 Å². The summed E-state index contributed by atoms with van der Waals surface area (Å²) < 4.78 is 18.0. The second kappa shape index (κ2) is 9.07. The molecule has 1 atom stereocenters. The number of benzene rings is 1. The van der Waals surface area contributed by atoms with Gasteiger partial charge in [0.25, 0.3) is 0 Å². The Balaban J connectivity index is 1.81. The number of aryl methyl sites for hydroxylation is 1. The van der Waals surface area contributed by atoms with Gasteiger partial charge in [-0.05, 0) is 43.0 Å². The summed E-state index contributed by atoms with van der Waals surface area (Å²) in [5, 5.41) is 15.5. The van der Waals surface area contributed by atoms with Gasteiger partial charge in [0.2, 0.25) is 17.6 Å². The minimum absolute atomic E-state index is 0.163. The van der Waals surface area contributed by atoms with Crippen molar-refractivity contribution in [3.05, 3.63) is 36.0 Å². The number of carbonyl (C=O) groups is 2. The fourth-order valence-electron chi connectivity index (χ4n) is 2.43. The van der Waals surface area contributed by atoms with E-state index in [0.29, 0.717) is 36.5 Å². The van der Waals surface area contributed by atoms with Gasteiger partial charge in [0.15, 0.2) is 0 Å². The van der Waals surface area contributed by atoms with E-state index in [4.69, 9.17) is 9.63 Å². The van der Waals surface area contributed by atoms with Crippen LogP contribution in [0.5, 0.6) is 0 Å². The van der Waals surface area contributed by atoms with Crippen molar-refractivity contribution in [1.82, 2.24) is 15.5 Å². The Hall–Kier alpha value is -2.77. The van der Waals surface area contributed by atoms with E-state index in [9.17, 15) is 14.0 Å². The number of nitrogens with one attached hydrogen (secondary N) is 1. The van der Waals surface area contributed by atoms with Crippen LogP contribution in [-0.2, 0) is 16.0 Å². The van der Waals surface area contributed by atoms with Gasteiger partial charge < -0.3 is 14.9 Å². The van der Waals surface area contributed by atoms with Crippen LogP contribution < -0.4 is 5.32 Å². The highest BCUT2D eigenvalue weighted by atomic mass is 19.1. The number of carboxylic acids is 1. The van der Waals surface area contributed by atoms with Crippen LogP contribution in [0.15, 0.2) is 28.8 Å². The minimum Gasteiger partial charge on any atom is -0.480 e. The topological polar surface area (TPSA) is 105 Å². The van der Waals surface area contributed by atoms with E-state index in [1.165, 1.54) is 12.1 Å². The Morgan fingerprint density at radius 1 is 1.27 bits per heavy atom. The average Bonchev–Trinajstić information content (AvgIpc) is 3.03. The van der Waals surface area contributed by atoms with Crippen molar-refractivity contribution in [2.75, 3.05) is 0 Å². The molecule has 0 radical (unpaired) electrons. The van der Waals surface area contributed by atoms with Crippen LogP contribution in [-0.4, -0.2) is 33.2 Å². The molecule has 7 nitrogen and oxygen atoms in total. The molecule has 0 saturated heterocycles. The number of carbonyl (C=O) groups excluding carboxylic acids is 1. The van der Waals surface area contributed by atoms with Gasteiger partial charge in [-0.15, -0.1) is 0 Å². The molecule has 2 aromatic rings. The number of hydrogen-bond acceptors (Lipinski definition) is 5. The molecule has 0 aliphatic heterocycles. The maximum Gasteiger partial charge on any atom is 0.326 e. The smallest absolute Gasteiger partial charge is 0.326 e. The van der Waals surface area contributed by atoms with Crippen molar-refractivity contribution in [2.45, 2.75) is 45.6 Å². The zero-order valence-electron chi connectivity index (χ0n) is 14.7. The van der Waals surface area contributed by atoms with Crippen LogP contribution in [0.4, 0.5) is 4.39 Å². The van der Waals surface area contributed by atoms with E-state index in [-0.39, 0.29) is 24.1 Å². The molecule has 1 heterocycles. The van der Waals surface area contributed by atoms with Gasteiger partial charge in [-0.25, -0.2) is 9.18 Å². The Kier molecular flexibility index (Phi) is 6.82. The minimum atomic E-state index is -1.03. The van der Waals surface area contributed by atoms with Crippen LogP contribution in [0, 0.1) is 11.7 Å². The quantitative estimate of drug-likeness (QED) is 0.710. The van der Waals surface area contributed by atoms with Crippen LogP contribution in [0.3, 0.4) is 0 Å². The highest BCUT2D eigenvalue weighted by Crippen LogP contribution is 2.17. The second-order valence-electron chi connectivity index (χ2n) is 6.46. The summed E-state index contributed by atoms with van der Waals surface area (Å²) in [7, 11) is 0. The molecule has 1 aromatic heterocycles. The van der Waals surface area contributed by atoms with E-state index in [0.717, 1.165) is 0 Å². The third-order valence-electron chi connectivity index (χ3n) is 3.71. The molecule has 0 bridgehead atoms. The standard InChI is InChI=1S/C18H22FN3O4/c1-11(2)10-14(18(24)25)20-15(23)4-3-5-16-21-17(22-26-16)12-6-8-13(19)9-7-12/h6-9,11,14H,3-5,10H2,1-2H3,(H,20,23)(H,24,25)/t14-/m0/s1. The summed E-state index contributed by atoms with van der Waals surface area (Å²) in [4.78, 5) is 27.3. The fourth-order valence-corrected chi connectivity index (χ4v) is 2.43. The molecule has 1 aromatic carbocycles. The second-order valence-corrected chi connectivity index (χ2v) is 6.46. The van der Waals surface area contributed by atoms with E-state index < -0.39 is 12.0 Å². The monoisotopic (exact) mass is 363 g/mol. The molecule has 0 aliphatic rings. The summed E-state index contributed by atoms with van der Waals surface area (Å²) >= 11 is 0. The molecule has 0 spiro atoms. The molecule has 2 rings (SSSR count). The SMILES string of the molecule is CC(C)C[C@H](NC(=O)CCCc1nc(-c2ccc(F)cc2)no1)C(=O)O. The molecule has 0 unspecified atom stereocenters. The number of rotatable bonds is 9. The summed E-state index contributed by atoms with van der Waals surface area (Å²) in [6.45, 7) is 3.80. The lowest BCUT2D eigenvalue weighted by Gasteiger charge is -2.16. The average molecular weight is 363 g/mol. The van der Waals surface area contributed by atoms with Crippen molar-refractivity contribution in [2.24, 2.45) is 5.92 Å². The first kappa shape index (κ1) is 19.6. The molecule has 2 N–H and O–H groups in total. The highest BCUT2D eigenvalue weighted by Gasteiger charge is 2.20. The number of aromatic nitrogens is 2. The lowest BCUT2D eigenvalue weighted by atomic mass is 10.0. The number of hydrogen-bond donors (Lipinski definition) is 2. The van der Waals surface area contributed by atoms with Gasteiger partial charge >= 0.3 is 5.97 Å². The van der Waals surface area contributed by atoms with Crippen LogP contribution in [0.25, 0.3) is 11.4 Å². The Labute approximate surface area is 150 Å². The van der Waals surface area contributed by atoms with Crippen molar-refractivity contribution in [3.8, 4) is 11.4 Å². The molecule has 0 fully saturated rings. The first-order valence-corrected chi connectivity index (χ1v) is 8.46. The number of amides is 1. The largest absolute Gasteiger partial charge is 0.480 e. The Morgan fingerprint density at radius 2 is 1.96 bits per heavy atom. The summed E-state index contributed by atoms with van der Waals surface area (Å²) in [5.74, 6) is -0.814. The first-order valence-electron chi connectivity index (χ1n) is 8.46. The van der Waals surface area contributed by atoms with Crippen molar-refractivity contribution in [1.29, 1.82) is 0 Å². The molecular weight excluding hydrogens is 341 g/mol. The van der Waals surface area contributed by atoms with Gasteiger partial charge in [-0.1, -0.05) is 19.0 Å². The third kappa shape index (κ3) is 5.94. The number of aliphatic carboxylic acids is 1. The molecule has 26 heavy (non-hydrogen) atoms. The van der Waals surface area contributed by atoms with E-state index >= 15 is 0 Å². The van der Waals surface area contributed by atoms with E-state index in [2.05, 4.69) is 15.5 Å². The molecule has 8 heteroatoms. The van der Waals surface area contributed by atoms with Crippen LogP contribution >= 0.6 is 0 Å². The molecular formula is C18H22FN3O4. The number of nitrogens with zero attached hydrogens (tertiary/aromatic N) is 2. The summed E-state index contributed by atoms with van der Waals surface area (Å²) in [5.41, 5.74) is 0.636. The predicted molar refractivity (Wildman–Crippen MR) is 91.7 cm³/mol. The first-order chi connectivity index (χ1) is 12.3. The predicted octanol–water partition coefficient (Wildman–Crippen LogP) is 2.81. The fraction of sp³-hybridized carbons (Fsp3) is 0.444.